The molecular formula is C25H27FN6O2. The van der Waals surface area contributed by atoms with E-state index in [1.54, 1.807) is 30.7 Å². The van der Waals surface area contributed by atoms with Crippen LogP contribution in [-0.4, -0.2) is 62.7 Å². The van der Waals surface area contributed by atoms with Gasteiger partial charge in [-0.05, 0) is 49.8 Å². The zero-order valence-electron chi connectivity index (χ0n) is 18.9. The van der Waals surface area contributed by atoms with Gasteiger partial charge in [-0.25, -0.2) is 9.37 Å². The van der Waals surface area contributed by atoms with Crippen LogP contribution in [0.25, 0.3) is 22.4 Å². The molecule has 4 heterocycles. The molecule has 6 rings (SSSR count). The summed E-state index contributed by atoms with van der Waals surface area (Å²) in [6, 6.07) is 7.62. The Kier molecular flexibility index (Phi) is 5.28. The molecule has 4 atom stereocenters. The normalized spacial score (nSPS) is 25.8. The number of phenols is 1. The van der Waals surface area contributed by atoms with Gasteiger partial charge in [-0.2, -0.15) is 5.10 Å². The number of rotatable bonds is 6. The standard InChI is InChI=1S/C25H27FN6O2/c1-34-24-9-15(11-29-31-24)14-2-6-18(22(33)8-14)20-12-28-23(13-27-20)32(17-4-5-17)21-10-16-3-7-19(30-16)25(21)26/h2,6,8-9,11-13,16-17,19,21,25,30,33H,3-5,7,10H2,1H3/t16-,19+,21-,25+/m1/s1. The fourth-order valence-electron chi connectivity index (χ4n) is 5.35. The smallest absolute Gasteiger partial charge is 0.233 e. The summed E-state index contributed by atoms with van der Waals surface area (Å²) in [5.41, 5.74) is 2.72. The molecule has 9 heteroatoms. The van der Waals surface area contributed by atoms with E-state index in [0.29, 0.717) is 35.0 Å². The number of halogens is 1. The van der Waals surface area contributed by atoms with E-state index in [-0.39, 0.29) is 17.8 Å². The Bertz CT molecular complexity index is 1190. The first-order chi connectivity index (χ1) is 16.6. The van der Waals surface area contributed by atoms with E-state index < -0.39 is 6.17 Å². The van der Waals surface area contributed by atoms with Crippen LogP contribution in [0.1, 0.15) is 32.1 Å². The van der Waals surface area contributed by atoms with Crippen LogP contribution in [0, 0.1) is 0 Å². The van der Waals surface area contributed by atoms with Crippen LogP contribution in [0.5, 0.6) is 11.6 Å². The summed E-state index contributed by atoms with van der Waals surface area (Å²) in [4.78, 5) is 11.4. The van der Waals surface area contributed by atoms with Crippen molar-refractivity contribution < 1.29 is 14.2 Å². The van der Waals surface area contributed by atoms with Crippen LogP contribution < -0.4 is 15.0 Å². The quantitative estimate of drug-likeness (QED) is 0.575. The molecule has 3 fully saturated rings. The maximum absolute atomic E-state index is 15.3. The number of benzene rings is 1. The van der Waals surface area contributed by atoms with Crippen molar-refractivity contribution in [1.29, 1.82) is 0 Å². The van der Waals surface area contributed by atoms with E-state index >= 15 is 4.39 Å². The number of nitrogens with zero attached hydrogens (tertiary/aromatic N) is 5. The molecule has 1 saturated carbocycles. The summed E-state index contributed by atoms with van der Waals surface area (Å²) in [6.45, 7) is 0. The first kappa shape index (κ1) is 21.2. The van der Waals surface area contributed by atoms with Gasteiger partial charge in [0, 0.05) is 35.3 Å². The number of piperidine rings is 1. The monoisotopic (exact) mass is 462 g/mol. The van der Waals surface area contributed by atoms with E-state index in [4.69, 9.17) is 4.74 Å². The summed E-state index contributed by atoms with van der Waals surface area (Å²) in [6.07, 6.45) is 8.97. The number of anilines is 1. The van der Waals surface area contributed by atoms with Gasteiger partial charge in [0.05, 0.1) is 37.4 Å². The highest BCUT2D eigenvalue weighted by molar-refractivity contribution is 5.74. The van der Waals surface area contributed by atoms with Gasteiger partial charge in [0.1, 0.15) is 17.7 Å². The Balaban J connectivity index is 1.26. The zero-order chi connectivity index (χ0) is 23.2. The minimum Gasteiger partial charge on any atom is -0.507 e. The number of fused-ring (bicyclic) bond motifs is 2. The lowest BCUT2D eigenvalue weighted by Crippen LogP contribution is -2.57. The fraction of sp³-hybridized carbons (Fsp3) is 0.440. The second-order valence-corrected chi connectivity index (χ2v) is 9.41. The Labute approximate surface area is 197 Å². The van der Waals surface area contributed by atoms with E-state index in [1.807, 2.05) is 12.1 Å². The molecule has 176 valence electrons. The predicted molar refractivity (Wildman–Crippen MR) is 125 cm³/mol. The summed E-state index contributed by atoms with van der Waals surface area (Å²) >= 11 is 0. The molecule has 0 spiro atoms. The molecule has 0 unspecified atom stereocenters. The fourth-order valence-corrected chi connectivity index (χ4v) is 5.35. The highest BCUT2D eigenvalue weighted by atomic mass is 19.1. The molecule has 2 bridgehead atoms. The Morgan fingerprint density at radius 2 is 1.94 bits per heavy atom. The Morgan fingerprint density at radius 1 is 1.06 bits per heavy atom. The van der Waals surface area contributed by atoms with E-state index in [2.05, 4.69) is 30.4 Å². The lowest BCUT2D eigenvalue weighted by atomic mass is 9.96. The maximum Gasteiger partial charge on any atom is 0.233 e. The van der Waals surface area contributed by atoms with E-state index in [1.165, 1.54) is 7.11 Å². The Morgan fingerprint density at radius 3 is 2.68 bits per heavy atom. The second kappa shape index (κ2) is 8.47. The first-order valence-corrected chi connectivity index (χ1v) is 11.8. The Hall–Kier alpha value is -3.33. The third kappa shape index (κ3) is 3.83. The van der Waals surface area contributed by atoms with Crippen LogP contribution in [0.4, 0.5) is 10.2 Å². The molecule has 0 radical (unpaired) electrons. The molecule has 3 aliphatic rings. The van der Waals surface area contributed by atoms with Crippen LogP contribution in [0.15, 0.2) is 42.9 Å². The largest absolute Gasteiger partial charge is 0.507 e. The number of hydrogen-bond donors (Lipinski definition) is 2. The van der Waals surface area contributed by atoms with Gasteiger partial charge in [0.2, 0.25) is 5.88 Å². The van der Waals surface area contributed by atoms with Crippen molar-refractivity contribution in [2.24, 2.45) is 0 Å². The molecule has 2 N–H and O–H groups in total. The minimum absolute atomic E-state index is 0.0525. The van der Waals surface area contributed by atoms with E-state index in [0.717, 1.165) is 43.2 Å². The molecule has 8 nitrogen and oxygen atoms in total. The highest BCUT2D eigenvalue weighted by Crippen LogP contribution is 2.40. The second-order valence-electron chi connectivity index (χ2n) is 9.41. The van der Waals surface area contributed by atoms with Gasteiger partial charge in [0.15, 0.2) is 0 Å². The number of nitrogens with one attached hydrogen (secondary N) is 1. The van der Waals surface area contributed by atoms with Crippen molar-refractivity contribution in [3.63, 3.8) is 0 Å². The zero-order valence-corrected chi connectivity index (χ0v) is 18.9. The minimum atomic E-state index is -0.904. The number of aromatic nitrogens is 4. The third-order valence-electron chi connectivity index (χ3n) is 7.20. The molecule has 2 aromatic heterocycles. The summed E-state index contributed by atoms with van der Waals surface area (Å²) in [5, 5.41) is 21.9. The van der Waals surface area contributed by atoms with Crippen molar-refractivity contribution >= 4 is 5.82 Å². The van der Waals surface area contributed by atoms with Gasteiger partial charge in [-0.15, -0.1) is 5.10 Å². The van der Waals surface area contributed by atoms with E-state index in [9.17, 15) is 5.11 Å². The predicted octanol–water partition coefficient (Wildman–Crippen LogP) is 3.51. The summed E-state index contributed by atoms with van der Waals surface area (Å²) < 4.78 is 20.4. The number of hydrogen-bond acceptors (Lipinski definition) is 8. The van der Waals surface area contributed by atoms with Crippen molar-refractivity contribution in [3.05, 3.63) is 42.9 Å². The van der Waals surface area contributed by atoms with Crippen LogP contribution in [-0.2, 0) is 0 Å². The maximum atomic E-state index is 15.3. The molecule has 0 amide bonds. The molecular weight excluding hydrogens is 435 g/mol. The number of aromatic hydroxyl groups is 1. The topological polar surface area (TPSA) is 96.3 Å². The van der Waals surface area contributed by atoms with Crippen LogP contribution in [0.3, 0.4) is 0 Å². The lowest BCUT2D eigenvalue weighted by molar-refractivity contribution is 0.171. The first-order valence-electron chi connectivity index (χ1n) is 11.8. The lowest BCUT2D eigenvalue weighted by Gasteiger charge is -2.41. The van der Waals surface area contributed by atoms with Crippen molar-refractivity contribution in [3.8, 4) is 34.0 Å². The van der Waals surface area contributed by atoms with Gasteiger partial charge in [-0.3, -0.25) is 4.98 Å². The van der Waals surface area contributed by atoms with Gasteiger partial charge in [-0.1, -0.05) is 6.07 Å². The number of ether oxygens (including phenoxy) is 1. The van der Waals surface area contributed by atoms with Crippen molar-refractivity contribution in [2.45, 2.75) is 62.4 Å². The molecule has 2 aliphatic heterocycles. The molecule has 1 aromatic carbocycles. The highest BCUT2D eigenvalue weighted by Gasteiger charge is 2.48. The van der Waals surface area contributed by atoms with Crippen molar-refractivity contribution in [1.82, 2.24) is 25.5 Å². The number of alkyl halides is 1. The third-order valence-corrected chi connectivity index (χ3v) is 7.20. The van der Waals surface area contributed by atoms with Crippen molar-refractivity contribution in [2.75, 3.05) is 12.0 Å². The van der Waals surface area contributed by atoms with Gasteiger partial charge >= 0.3 is 0 Å². The SMILES string of the molecule is COc1cc(-c2ccc(-c3cnc(N(C4CC4)[C@@H]4C[C@H]5CC[C@H](N5)[C@@H]4F)cn3)c(O)c2)cnn1. The molecule has 2 saturated heterocycles. The van der Waals surface area contributed by atoms with Gasteiger partial charge in [0.25, 0.3) is 0 Å². The number of phenolic OH excluding ortho intramolecular Hbond substituents is 1. The summed E-state index contributed by atoms with van der Waals surface area (Å²) in [7, 11) is 1.53. The average molecular weight is 463 g/mol. The molecule has 3 aromatic rings. The number of methoxy groups -OCH3 is 1. The van der Waals surface area contributed by atoms with Gasteiger partial charge < -0.3 is 20.1 Å². The molecule has 1 aliphatic carbocycles. The van der Waals surface area contributed by atoms with Crippen LogP contribution >= 0.6 is 0 Å². The van der Waals surface area contributed by atoms with Crippen LogP contribution in [0.2, 0.25) is 0 Å². The average Bonchev–Trinajstić information content (AvgIpc) is 3.62. The molecule has 34 heavy (non-hydrogen) atoms. The summed E-state index contributed by atoms with van der Waals surface area (Å²) in [5.74, 6) is 1.21.